The number of hydrogen-bond donors (Lipinski definition) is 2. The number of aromatic nitrogens is 2. The van der Waals surface area contributed by atoms with Gasteiger partial charge in [-0.2, -0.15) is 10.4 Å². The highest BCUT2D eigenvalue weighted by atomic mass is 16.5. The molecule has 0 atom stereocenters. The van der Waals surface area contributed by atoms with Crippen LogP contribution in [-0.4, -0.2) is 27.4 Å². The third-order valence-corrected chi connectivity index (χ3v) is 4.31. The average molecular weight is 402 g/mol. The number of phenols is 1. The lowest BCUT2D eigenvalue weighted by molar-refractivity contribution is -0.112. The van der Waals surface area contributed by atoms with Gasteiger partial charge in [0.1, 0.15) is 17.5 Å². The van der Waals surface area contributed by atoms with Gasteiger partial charge in [0, 0.05) is 6.07 Å². The Bertz CT molecular complexity index is 1140. The molecule has 152 valence electrons. The van der Waals surface area contributed by atoms with E-state index in [0.29, 0.717) is 18.0 Å². The van der Waals surface area contributed by atoms with Crippen LogP contribution in [0.3, 0.4) is 0 Å². The smallest absolute Gasteiger partial charge is 0.267 e. The summed E-state index contributed by atoms with van der Waals surface area (Å²) in [6.07, 6.45) is 1.44. The number of aromatic hydroxyl groups is 1. The zero-order valence-electron chi connectivity index (χ0n) is 17.0. The number of aryl methyl sites for hydroxylation is 2. The summed E-state index contributed by atoms with van der Waals surface area (Å²) >= 11 is 0. The van der Waals surface area contributed by atoms with E-state index < -0.39 is 5.91 Å². The topological polar surface area (TPSA) is 100 Å². The molecule has 0 spiro atoms. The van der Waals surface area contributed by atoms with E-state index in [0.717, 1.165) is 16.9 Å². The van der Waals surface area contributed by atoms with Crippen LogP contribution in [0, 0.1) is 25.2 Å². The molecule has 3 aromatic rings. The highest BCUT2D eigenvalue weighted by molar-refractivity contribution is 6.09. The molecule has 2 N–H and O–H groups in total. The number of phenolic OH excluding ortho intramolecular Hbond substituents is 1. The van der Waals surface area contributed by atoms with E-state index >= 15 is 0 Å². The second-order valence-electron chi connectivity index (χ2n) is 6.70. The molecule has 1 amide bonds. The van der Waals surface area contributed by atoms with Crippen molar-refractivity contribution < 1.29 is 14.6 Å². The fourth-order valence-corrected chi connectivity index (χ4v) is 2.86. The molecule has 30 heavy (non-hydrogen) atoms. The maximum atomic E-state index is 12.7. The predicted octanol–water partition coefficient (Wildman–Crippen LogP) is 4.14. The lowest BCUT2D eigenvalue weighted by Crippen LogP contribution is -2.16. The molecule has 0 saturated carbocycles. The summed E-state index contributed by atoms with van der Waals surface area (Å²) in [5.41, 5.74) is 3.12. The van der Waals surface area contributed by atoms with Crippen LogP contribution in [0.15, 0.2) is 54.1 Å². The first-order chi connectivity index (χ1) is 14.4. The number of carbonyl (C=O) groups is 1. The van der Waals surface area contributed by atoms with E-state index in [1.165, 1.54) is 12.1 Å². The molecule has 0 unspecified atom stereocenters. The molecule has 0 saturated heterocycles. The SMILES string of the molecule is CCOc1cc(/C=C(\C#N)C(=O)Nc2cc(C)nn2-c2ccc(C)cc2)ccc1O. The first-order valence-corrected chi connectivity index (χ1v) is 9.44. The van der Waals surface area contributed by atoms with Gasteiger partial charge < -0.3 is 15.2 Å². The Morgan fingerprint density at radius 3 is 2.63 bits per heavy atom. The molecule has 1 aromatic heterocycles. The number of nitrogens with one attached hydrogen (secondary N) is 1. The third-order valence-electron chi connectivity index (χ3n) is 4.31. The summed E-state index contributed by atoms with van der Waals surface area (Å²) < 4.78 is 6.97. The van der Waals surface area contributed by atoms with E-state index in [4.69, 9.17) is 4.74 Å². The Morgan fingerprint density at radius 1 is 1.23 bits per heavy atom. The van der Waals surface area contributed by atoms with E-state index in [-0.39, 0.29) is 17.1 Å². The first-order valence-electron chi connectivity index (χ1n) is 9.44. The lowest BCUT2D eigenvalue weighted by Gasteiger charge is -2.09. The van der Waals surface area contributed by atoms with Crippen molar-refractivity contribution in [2.45, 2.75) is 20.8 Å². The molecule has 3 rings (SSSR count). The van der Waals surface area contributed by atoms with Gasteiger partial charge in [-0.15, -0.1) is 0 Å². The Labute approximate surface area is 174 Å². The largest absolute Gasteiger partial charge is 0.504 e. The van der Waals surface area contributed by atoms with E-state index in [2.05, 4.69) is 10.4 Å². The van der Waals surface area contributed by atoms with Crippen LogP contribution in [-0.2, 0) is 4.79 Å². The minimum absolute atomic E-state index is 0.00515. The minimum Gasteiger partial charge on any atom is -0.504 e. The normalized spacial score (nSPS) is 11.1. The van der Waals surface area contributed by atoms with Gasteiger partial charge in [0.05, 0.1) is 18.0 Å². The highest BCUT2D eigenvalue weighted by Gasteiger charge is 2.15. The predicted molar refractivity (Wildman–Crippen MR) is 115 cm³/mol. The fourth-order valence-electron chi connectivity index (χ4n) is 2.86. The van der Waals surface area contributed by atoms with Crippen LogP contribution in [0.4, 0.5) is 5.82 Å². The van der Waals surface area contributed by atoms with Gasteiger partial charge in [0.25, 0.3) is 5.91 Å². The number of benzene rings is 2. The average Bonchev–Trinajstić information content (AvgIpc) is 3.09. The molecule has 0 fully saturated rings. The van der Waals surface area contributed by atoms with Crippen LogP contribution in [0.1, 0.15) is 23.7 Å². The van der Waals surface area contributed by atoms with Crippen molar-refractivity contribution in [3.05, 3.63) is 70.9 Å². The molecule has 7 nitrogen and oxygen atoms in total. The van der Waals surface area contributed by atoms with E-state index in [1.807, 2.05) is 44.2 Å². The van der Waals surface area contributed by atoms with Gasteiger partial charge in [-0.3, -0.25) is 4.79 Å². The second-order valence-corrected chi connectivity index (χ2v) is 6.70. The standard InChI is InChI=1S/C23H22N4O3/c1-4-30-21-13-17(7-10-20(21)28)12-18(14-24)23(29)25-22-11-16(3)26-27(22)19-8-5-15(2)6-9-19/h5-13,28H,4H2,1-3H3,(H,25,29)/b18-12+. The number of hydrogen-bond acceptors (Lipinski definition) is 5. The van der Waals surface area contributed by atoms with Gasteiger partial charge in [-0.05, 0) is 56.7 Å². The van der Waals surface area contributed by atoms with Crippen LogP contribution in [0.2, 0.25) is 0 Å². The molecule has 0 aliphatic rings. The van der Waals surface area contributed by atoms with Crippen molar-refractivity contribution >= 4 is 17.8 Å². The Morgan fingerprint density at radius 2 is 1.97 bits per heavy atom. The van der Waals surface area contributed by atoms with Gasteiger partial charge in [0.15, 0.2) is 11.5 Å². The molecule has 0 radical (unpaired) electrons. The summed E-state index contributed by atoms with van der Waals surface area (Å²) in [7, 11) is 0. The van der Waals surface area contributed by atoms with Crippen molar-refractivity contribution in [1.29, 1.82) is 5.26 Å². The first kappa shape index (κ1) is 20.7. The number of ether oxygens (including phenoxy) is 1. The van der Waals surface area contributed by atoms with Gasteiger partial charge >= 0.3 is 0 Å². The quantitative estimate of drug-likeness (QED) is 0.477. The zero-order valence-corrected chi connectivity index (χ0v) is 17.0. The van der Waals surface area contributed by atoms with Crippen molar-refractivity contribution in [1.82, 2.24) is 9.78 Å². The molecular formula is C23H22N4O3. The minimum atomic E-state index is -0.559. The van der Waals surface area contributed by atoms with Crippen molar-refractivity contribution in [3.8, 4) is 23.3 Å². The Hall–Kier alpha value is -4.05. The van der Waals surface area contributed by atoms with Gasteiger partial charge in [-0.1, -0.05) is 23.8 Å². The molecule has 7 heteroatoms. The summed E-state index contributed by atoms with van der Waals surface area (Å²) in [6, 6.07) is 16.0. The van der Waals surface area contributed by atoms with Crippen molar-refractivity contribution in [2.24, 2.45) is 0 Å². The number of rotatable bonds is 6. The van der Waals surface area contributed by atoms with Crippen molar-refractivity contribution in [2.75, 3.05) is 11.9 Å². The molecule has 0 aliphatic heterocycles. The molecule has 0 bridgehead atoms. The fraction of sp³-hybridized carbons (Fsp3) is 0.174. The lowest BCUT2D eigenvalue weighted by atomic mass is 10.1. The van der Waals surface area contributed by atoms with Crippen LogP contribution in [0.25, 0.3) is 11.8 Å². The maximum Gasteiger partial charge on any atom is 0.267 e. The highest BCUT2D eigenvalue weighted by Crippen LogP contribution is 2.28. The molecular weight excluding hydrogens is 380 g/mol. The number of nitrogens with zero attached hydrogens (tertiary/aromatic N) is 3. The van der Waals surface area contributed by atoms with Crippen LogP contribution in [0.5, 0.6) is 11.5 Å². The number of nitriles is 1. The number of carbonyl (C=O) groups excluding carboxylic acids is 1. The van der Waals surface area contributed by atoms with Crippen molar-refractivity contribution in [3.63, 3.8) is 0 Å². The molecule has 1 heterocycles. The third kappa shape index (κ3) is 4.67. The number of anilines is 1. The monoisotopic (exact) mass is 402 g/mol. The zero-order chi connectivity index (χ0) is 21.7. The maximum absolute atomic E-state index is 12.7. The summed E-state index contributed by atoms with van der Waals surface area (Å²) in [5.74, 6) is 0.187. The van der Waals surface area contributed by atoms with Gasteiger partial charge in [0.2, 0.25) is 0 Å². The molecule has 0 aliphatic carbocycles. The van der Waals surface area contributed by atoms with E-state index in [9.17, 15) is 15.2 Å². The van der Waals surface area contributed by atoms with Crippen LogP contribution >= 0.6 is 0 Å². The molecule has 2 aromatic carbocycles. The van der Waals surface area contributed by atoms with E-state index in [1.54, 1.807) is 29.8 Å². The summed E-state index contributed by atoms with van der Waals surface area (Å²) in [5, 5.41) is 26.5. The Kier molecular flexibility index (Phi) is 6.18. The van der Waals surface area contributed by atoms with Gasteiger partial charge in [-0.25, -0.2) is 4.68 Å². The Balaban J connectivity index is 1.88. The van der Waals surface area contributed by atoms with Crippen LogP contribution < -0.4 is 10.1 Å². The summed E-state index contributed by atoms with van der Waals surface area (Å²) in [4.78, 5) is 12.7. The second kappa shape index (κ2) is 8.97. The number of amides is 1. The summed E-state index contributed by atoms with van der Waals surface area (Å²) in [6.45, 7) is 6.00.